The van der Waals surface area contributed by atoms with E-state index in [-0.39, 0.29) is 12.6 Å². The first-order valence-corrected chi connectivity index (χ1v) is 5.74. The molecule has 0 saturated heterocycles. The summed E-state index contributed by atoms with van der Waals surface area (Å²) in [6, 6.07) is 0.127. The SMILES string of the molecule is CCCCCC(CN(CC=O)C(=O)O)NC. The van der Waals surface area contributed by atoms with Gasteiger partial charge >= 0.3 is 6.09 Å². The number of carbonyl (C=O) groups is 2. The lowest BCUT2D eigenvalue weighted by Crippen LogP contribution is -2.42. The summed E-state index contributed by atoms with van der Waals surface area (Å²) in [5.74, 6) is 0. The third-order valence-electron chi connectivity index (χ3n) is 2.57. The zero-order valence-corrected chi connectivity index (χ0v) is 10.1. The van der Waals surface area contributed by atoms with Crippen molar-refractivity contribution < 1.29 is 14.7 Å². The number of rotatable bonds is 9. The highest BCUT2D eigenvalue weighted by molar-refractivity contribution is 5.69. The normalized spacial score (nSPS) is 12.1. The van der Waals surface area contributed by atoms with E-state index < -0.39 is 6.09 Å². The van der Waals surface area contributed by atoms with Gasteiger partial charge in [-0.3, -0.25) is 4.90 Å². The molecule has 94 valence electrons. The topological polar surface area (TPSA) is 69.6 Å². The summed E-state index contributed by atoms with van der Waals surface area (Å²) >= 11 is 0. The molecule has 16 heavy (non-hydrogen) atoms. The van der Waals surface area contributed by atoms with Gasteiger partial charge in [0.05, 0.1) is 6.54 Å². The Morgan fingerprint density at radius 2 is 2.19 bits per heavy atom. The van der Waals surface area contributed by atoms with E-state index in [0.29, 0.717) is 12.8 Å². The Balaban J connectivity index is 4.04. The minimum atomic E-state index is -1.04. The Hall–Kier alpha value is -1.10. The Bertz CT molecular complexity index is 209. The van der Waals surface area contributed by atoms with Crippen LogP contribution in [0, 0.1) is 0 Å². The fourth-order valence-corrected chi connectivity index (χ4v) is 1.55. The van der Waals surface area contributed by atoms with E-state index in [1.54, 1.807) is 0 Å². The highest BCUT2D eigenvalue weighted by Gasteiger charge is 2.16. The Morgan fingerprint density at radius 3 is 2.62 bits per heavy atom. The summed E-state index contributed by atoms with van der Waals surface area (Å²) in [5.41, 5.74) is 0. The van der Waals surface area contributed by atoms with Crippen molar-refractivity contribution in [1.29, 1.82) is 0 Å². The van der Waals surface area contributed by atoms with Crippen molar-refractivity contribution >= 4 is 12.4 Å². The van der Waals surface area contributed by atoms with Crippen LogP contribution in [0.25, 0.3) is 0 Å². The highest BCUT2D eigenvalue weighted by atomic mass is 16.4. The van der Waals surface area contributed by atoms with Crippen molar-refractivity contribution in [1.82, 2.24) is 10.2 Å². The molecule has 0 rings (SSSR count). The van der Waals surface area contributed by atoms with E-state index in [4.69, 9.17) is 5.11 Å². The zero-order chi connectivity index (χ0) is 12.4. The van der Waals surface area contributed by atoms with Crippen LogP contribution in [-0.2, 0) is 4.79 Å². The minimum absolute atomic E-state index is 0.0543. The quantitative estimate of drug-likeness (QED) is 0.463. The van der Waals surface area contributed by atoms with Gasteiger partial charge in [-0.2, -0.15) is 0 Å². The molecule has 0 radical (unpaired) electrons. The van der Waals surface area contributed by atoms with Crippen LogP contribution >= 0.6 is 0 Å². The summed E-state index contributed by atoms with van der Waals surface area (Å²) in [7, 11) is 1.82. The zero-order valence-electron chi connectivity index (χ0n) is 10.1. The number of likely N-dealkylation sites (N-methyl/N-ethyl adjacent to an activating group) is 1. The molecule has 0 fully saturated rings. The lowest BCUT2D eigenvalue weighted by Gasteiger charge is -2.23. The molecule has 0 aromatic rings. The number of hydrogen-bond donors (Lipinski definition) is 2. The number of nitrogens with zero attached hydrogens (tertiary/aromatic N) is 1. The maximum atomic E-state index is 10.8. The molecular weight excluding hydrogens is 208 g/mol. The summed E-state index contributed by atoms with van der Waals surface area (Å²) in [4.78, 5) is 22.3. The van der Waals surface area contributed by atoms with Crippen molar-refractivity contribution in [2.24, 2.45) is 0 Å². The van der Waals surface area contributed by atoms with Crippen molar-refractivity contribution in [2.45, 2.75) is 38.6 Å². The number of hydrogen-bond acceptors (Lipinski definition) is 3. The van der Waals surface area contributed by atoms with Crippen molar-refractivity contribution in [3.63, 3.8) is 0 Å². The van der Waals surface area contributed by atoms with Crippen LogP contribution in [0.2, 0.25) is 0 Å². The molecule has 5 nitrogen and oxygen atoms in total. The van der Waals surface area contributed by atoms with Crippen molar-refractivity contribution in [2.75, 3.05) is 20.1 Å². The fraction of sp³-hybridized carbons (Fsp3) is 0.818. The molecule has 5 heteroatoms. The molecule has 0 bridgehead atoms. The monoisotopic (exact) mass is 230 g/mol. The Kier molecular flexibility index (Phi) is 8.52. The van der Waals surface area contributed by atoms with Crippen molar-refractivity contribution in [3.05, 3.63) is 0 Å². The van der Waals surface area contributed by atoms with Crippen LogP contribution < -0.4 is 5.32 Å². The minimum Gasteiger partial charge on any atom is -0.465 e. The number of carboxylic acid groups (broad SMARTS) is 1. The van der Waals surface area contributed by atoms with E-state index in [1.165, 1.54) is 0 Å². The van der Waals surface area contributed by atoms with E-state index in [0.717, 1.165) is 30.6 Å². The second-order valence-electron chi connectivity index (χ2n) is 3.84. The molecule has 0 spiro atoms. The molecule has 0 aromatic carbocycles. The average Bonchev–Trinajstić information content (AvgIpc) is 2.26. The van der Waals surface area contributed by atoms with E-state index in [2.05, 4.69) is 12.2 Å². The predicted molar refractivity (Wildman–Crippen MR) is 62.7 cm³/mol. The molecule has 0 aromatic heterocycles. The molecular formula is C11H22N2O3. The van der Waals surface area contributed by atoms with Gasteiger partial charge in [-0.15, -0.1) is 0 Å². The summed E-state index contributed by atoms with van der Waals surface area (Å²) in [5, 5.41) is 11.9. The standard InChI is InChI=1S/C11H22N2O3/c1-3-4-5-6-10(12-2)9-13(7-8-14)11(15)16/h8,10,12H,3-7,9H2,1-2H3,(H,15,16). The van der Waals surface area contributed by atoms with Crippen LogP contribution in [0.1, 0.15) is 32.6 Å². The van der Waals surface area contributed by atoms with Crippen LogP contribution in [0.5, 0.6) is 0 Å². The molecule has 1 atom stereocenters. The third-order valence-corrected chi connectivity index (χ3v) is 2.57. The maximum absolute atomic E-state index is 10.8. The van der Waals surface area contributed by atoms with Crippen LogP contribution in [0.4, 0.5) is 4.79 Å². The maximum Gasteiger partial charge on any atom is 0.407 e. The highest BCUT2D eigenvalue weighted by Crippen LogP contribution is 2.05. The van der Waals surface area contributed by atoms with Gasteiger partial charge in [0.25, 0.3) is 0 Å². The first-order valence-electron chi connectivity index (χ1n) is 5.74. The first-order chi connectivity index (χ1) is 7.65. The van der Waals surface area contributed by atoms with Crippen LogP contribution in [0.15, 0.2) is 0 Å². The number of unbranched alkanes of at least 4 members (excludes halogenated alkanes) is 2. The smallest absolute Gasteiger partial charge is 0.407 e. The molecule has 0 heterocycles. The molecule has 0 aliphatic carbocycles. The fourth-order valence-electron chi connectivity index (χ4n) is 1.55. The van der Waals surface area contributed by atoms with E-state index in [9.17, 15) is 9.59 Å². The molecule has 0 aliphatic rings. The summed E-state index contributed by atoms with van der Waals surface area (Å²) in [6.07, 6.45) is 3.89. The lowest BCUT2D eigenvalue weighted by atomic mass is 10.1. The molecule has 2 N–H and O–H groups in total. The summed E-state index contributed by atoms with van der Waals surface area (Å²) in [6.45, 7) is 2.44. The second-order valence-corrected chi connectivity index (χ2v) is 3.84. The Morgan fingerprint density at radius 1 is 1.50 bits per heavy atom. The number of nitrogens with one attached hydrogen (secondary N) is 1. The van der Waals surface area contributed by atoms with Gasteiger partial charge in [0.2, 0.25) is 0 Å². The lowest BCUT2D eigenvalue weighted by molar-refractivity contribution is -0.108. The molecule has 1 amide bonds. The van der Waals surface area contributed by atoms with Gasteiger partial charge in [-0.05, 0) is 13.5 Å². The van der Waals surface area contributed by atoms with Crippen molar-refractivity contribution in [3.8, 4) is 0 Å². The molecule has 1 unspecified atom stereocenters. The number of amides is 1. The van der Waals surface area contributed by atoms with Crippen LogP contribution in [0.3, 0.4) is 0 Å². The largest absolute Gasteiger partial charge is 0.465 e. The molecule has 0 saturated carbocycles. The summed E-state index contributed by atoms with van der Waals surface area (Å²) < 4.78 is 0. The van der Waals surface area contributed by atoms with Gasteiger partial charge in [-0.1, -0.05) is 26.2 Å². The van der Waals surface area contributed by atoms with Gasteiger partial charge in [0.15, 0.2) is 0 Å². The number of carbonyl (C=O) groups excluding carboxylic acids is 1. The average molecular weight is 230 g/mol. The Labute approximate surface area is 96.8 Å². The predicted octanol–water partition coefficient (Wildman–Crippen LogP) is 1.33. The second kappa shape index (κ2) is 9.15. The van der Waals surface area contributed by atoms with E-state index >= 15 is 0 Å². The first kappa shape index (κ1) is 14.9. The van der Waals surface area contributed by atoms with Gasteiger partial charge in [-0.25, -0.2) is 4.79 Å². The van der Waals surface area contributed by atoms with Crippen LogP contribution in [-0.4, -0.2) is 48.6 Å². The van der Waals surface area contributed by atoms with Gasteiger partial charge in [0.1, 0.15) is 6.29 Å². The third kappa shape index (κ3) is 6.40. The van der Waals surface area contributed by atoms with Gasteiger partial charge < -0.3 is 15.2 Å². The van der Waals surface area contributed by atoms with E-state index in [1.807, 2.05) is 7.05 Å². The number of aldehydes is 1. The van der Waals surface area contributed by atoms with Gasteiger partial charge in [0, 0.05) is 12.6 Å². The molecule has 0 aliphatic heterocycles.